The molecule has 0 radical (unpaired) electrons. The van der Waals surface area contributed by atoms with Crippen molar-refractivity contribution >= 4 is 29.9 Å². The number of halogens is 1. The van der Waals surface area contributed by atoms with Crippen LogP contribution in [0.4, 0.5) is 0 Å². The normalized spacial score (nSPS) is 12.7. The fraction of sp³-hybridized carbons (Fsp3) is 0. The molecule has 84 valence electrons. The molecule has 0 atom stereocenters. The predicted octanol–water partition coefficient (Wildman–Crippen LogP) is 0.566. The standard InChI is InChI=1S/C6H5ClO6S2/c7-14(9,10)5-1-4(8)2-6(3-5)15(11,12)13/h1-3,8H,(H,11,12,13). The molecule has 0 unspecified atom stereocenters. The molecule has 1 rings (SSSR count). The molecule has 6 nitrogen and oxygen atoms in total. The van der Waals surface area contributed by atoms with Crippen molar-refractivity contribution in [3.63, 3.8) is 0 Å². The molecule has 9 heteroatoms. The molecular formula is C6H5ClO6S2. The van der Waals surface area contributed by atoms with Gasteiger partial charge in [0, 0.05) is 16.7 Å². The first-order chi connectivity index (χ1) is 6.60. The average Bonchev–Trinajstić information content (AvgIpc) is 1.99. The second-order valence-corrected chi connectivity index (χ2v) is 6.56. The molecule has 0 saturated heterocycles. The van der Waals surface area contributed by atoms with Crippen molar-refractivity contribution in [1.82, 2.24) is 0 Å². The van der Waals surface area contributed by atoms with Crippen molar-refractivity contribution in [2.45, 2.75) is 9.79 Å². The summed E-state index contributed by atoms with van der Waals surface area (Å²) in [6, 6.07) is 2.09. The van der Waals surface area contributed by atoms with Gasteiger partial charge < -0.3 is 5.11 Å². The summed E-state index contributed by atoms with van der Waals surface area (Å²) in [5.41, 5.74) is 0. The minimum absolute atomic E-state index is 0.614. The van der Waals surface area contributed by atoms with Crippen LogP contribution in [0.3, 0.4) is 0 Å². The Morgan fingerprint density at radius 2 is 1.47 bits per heavy atom. The largest absolute Gasteiger partial charge is 0.508 e. The van der Waals surface area contributed by atoms with Crippen molar-refractivity contribution in [3.8, 4) is 5.75 Å². The lowest BCUT2D eigenvalue weighted by molar-refractivity contribution is 0.464. The Morgan fingerprint density at radius 1 is 1.00 bits per heavy atom. The van der Waals surface area contributed by atoms with Crippen LogP contribution in [0.5, 0.6) is 5.75 Å². The van der Waals surface area contributed by atoms with Crippen LogP contribution in [0.15, 0.2) is 28.0 Å². The van der Waals surface area contributed by atoms with Crippen LogP contribution in [-0.2, 0) is 19.2 Å². The van der Waals surface area contributed by atoms with Gasteiger partial charge in [0.25, 0.3) is 19.2 Å². The Morgan fingerprint density at radius 3 is 1.87 bits per heavy atom. The van der Waals surface area contributed by atoms with Gasteiger partial charge in [-0.2, -0.15) is 8.42 Å². The van der Waals surface area contributed by atoms with Crippen LogP contribution in [-0.4, -0.2) is 26.5 Å². The number of hydrogen-bond donors (Lipinski definition) is 2. The van der Waals surface area contributed by atoms with Gasteiger partial charge in [-0.3, -0.25) is 4.55 Å². The van der Waals surface area contributed by atoms with E-state index in [1.807, 2.05) is 0 Å². The zero-order valence-corrected chi connectivity index (χ0v) is 9.34. The zero-order valence-electron chi connectivity index (χ0n) is 6.95. The number of rotatable bonds is 2. The fourth-order valence-electron chi connectivity index (χ4n) is 0.846. The SMILES string of the molecule is O=S(=O)(O)c1cc(O)cc(S(=O)(=O)Cl)c1. The van der Waals surface area contributed by atoms with Gasteiger partial charge in [0.2, 0.25) is 0 Å². The molecule has 0 aliphatic carbocycles. The molecule has 0 aromatic heterocycles. The fourth-order valence-corrected chi connectivity index (χ4v) is 2.26. The number of benzene rings is 1. The minimum atomic E-state index is -4.59. The molecule has 0 saturated carbocycles. The van der Waals surface area contributed by atoms with E-state index in [1.165, 1.54) is 0 Å². The van der Waals surface area contributed by atoms with E-state index in [0.29, 0.717) is 12.1 Å². The number of hydrogen-bond acceptors (Lipinski definition) is 5. The van der Waals surface area contributed by atoms with E-state index in [9.17, 15) is 16.8 Å². The lowest BCUT2D eigenvalue weighted by Gasteiger charge is -2.01. The molecule has 1 aromatic rings. The van der Waals surface area contributed by atoms with Crippen molar-refractivity contribution in [2.24, 2.45) is 0 Å². The van der Waals surface area contributed by atoms with Gasteiger partial charge in [0.1, 0.15) is 5.75 Å². The van der Waals surface area contributed by atoms with E-state index in [4.69, 9.17) is 20.3 Å². The Bertz CT molecular complexity index is 538. The summed E-state index contributed by atoms with van der Waals surface area (Å²) in [5.74, 6) is -0.635. The molecule has 2 N–H and O–H groups in total. The third-order valence-electron chi connectivity index (χ3n) is 1.44. The third-order valence-corrected chi connectivity index (χ3v) is 3.61. The van der Waals surface area contributed by atoms with E-state index in [2.05, 4.69) is 0 Å². The maximum Gasteiger partial charge on any atom is 0.294 e. The lowest BCUT2D eigenvalue weighted by Crippen LogP contribution is -2.00. The van der Waals surface area contributed by atoms with Gasteiger partial charge in [-0.15, -0.1) is 0 Å². The van der Waals surface area contributed by atoms with E-state index in [0.717, 1.165) is 6.07 Å². The average molecular weight is 273 g/mol. The highest BCUT2D eigenvalue weighted by Crippen LogP contribution is 2.24. The first-order valence-electron chi connectivity index (χ1n) is 3.37. The molecule has 15 heavy (non-hydrogen) atoms. The maximum atomic E-state index is 10.8. The van der Waals surface area contributed by atoms with E-state index < -0.39 is 34.7 Å². The number of aromatic hydroxyl groups is 1. The van der Waals surface area contributed by atoms with Gasteiger partial charge in [0.15, 0.2) is 0 Å². The summed E-state index contributed by atoms with van der Waals surface area (Å²) >= 11 is 0. The highest BCUT2D eigenvalue weighted by atomic mass is 35.7. The molecular weight excluding hydrogens is 268 g/mol. The van der Waals surface area contributed by atoms with Gasteiger partial charge in [0.05, 0.1) is 9.79 Å². The van der Waals surface area contributed by atoms with Gasteiger partial charge in [-0.1, -0.05) is 0 Å². The summed E-state index contributed by atoms with van der Waals surface area (Å²) in [5, 5.41) is 9.02. The topological polar surface area (TPSA) is 109 Å². The Hall–Kier alpha value is -0.830. The maximum absolute atomic E-state index is 10.8. The Kier molecular flexibility index (Phi) is 2.97. The van der Waals surface area contributed by atoms with E-state index >= 15 is 0 Å². The highest BCUT2D eigenvalue weighted by molar-refractivity contribution is 8.13. The smallest absolute Gasteiger partial charge is 0.294 e. The van der Waals surface area contributed by atoms with Crippen molar-refractivity contribution in [2.75, 3.05) is 0 Å². The first-order valence-corrected chi connectivity index (χ1v) is 7.12. The number of phenolic OH excluding ortho intramolecular Hbond substituents is 1. The van der Waals surface area contributed by atoms with Crippen LogP contribution in [0, 0.1) is 0 Å². The Labute approximate surface area is 90.3 Å². The molecule has 0 bridgehead atoms. The first kappa shape index (κ1) is 12.2. The van der Waals surface area contributed by atoms with E-state index in [-0.39, 0.29) is 0 Å². The summed E-state index contributed by atoms with van der Waals surface area (Å²) in [6.45, 7) is 0. The molecule has 0 fully saturated rings. The summed E-state index contributed by atoms with van der Waals surface area (Å²) in [6.07, 6.45) is 0. The lowest BCUT2D eigenvalue weighted by atomic mass is 10.3. The predicted molar refractivity (Wildman–Crippen MR) is 51.0 cm³/mol. The summed E-state index contributed by atoms with van der Waals surface area (Å²) in [7, 11) is -3.83. The minimum Gasteiger partial charge on any atom is -0.508 e. The second-order valence-electron chi connectivity index (χ2n) is 2.58. The van der Waals surface area contributed by atoms with E-state index in [1.54, 1.807) is 0 Å². The van der Waals surface area contributed by atoms with Crippen molar-refractivity contribution < 1.29 is 26.5 Å². The molecule has 0 heterocycles. The molecule has 0 aliphatic heterocycles. The van der Waals surface area contributed by atoms with Crippen LogP contribution >= 0.6 is 10.7 Å². The van der Waals surface area contributed by atoms with Crippen LogP contribution < -0.4 is 0 Å². The Balaban J connectivity index is 3.57. The van der Waals surface area contributed by atoms with Crippen LogP contribution in [0.25, 0.3) is 0 Å². The second kappa shape index (κ2) is 3.63. The van der Waals surface area contributed by atoms with Gasteiger partial charge >= 0.3 is 0 Å². The monoisotopic (exact) mass is 272 g/mol. The molecule has 1 aromatic carbocycles. The molecule has 0 amide bonds. The number of phenols is 1. The summed E-state index contributed by atoms with van der Waals surface area (Å²) < 4.78 is 51.7. The zero-order chi connectivity index (χ0) is 11.9. The van der Waals surface area contributed by atoms with Crippen LogP contribution in [0.2, 0.25) is 0 Å². The summed E-state index contributed by atoms with van der Waals surface area (Å²) in [4.78, 5) is -1.36. The molecule has 0 aliphatic rings. The van der Waals surface area contributed by atoms with Crippen LogP contribution in [0.1, 0.15) is 0 Å². The van der Waals surface area contributed by atoms with Crippen molar-refractivity contribution in [3.05, 3.63) is 18.2 Å². The van der Waals surface area contributed by atoms with Gasteiger partial charge in [-0.05, 0) is 12.1 Å². The highest BCUT2D eigenvalue weighted by Gasteiger charge is 2.17. The van der Waals surface area contributed by atoms with Crippen molar-refractivity contribution in [1.29, 1.82) is 0 Å². The third kappa shape index (κ3) is 3.06. The van der Waals surface area contributed by atoms with Gasteiger partial charge in [-0.25, -0.2) is 8.42 Å². The quantitative estimate of drug-likeness (QED) is 0.602. The molecule has 0 spiro atoms.